The summed E-state index contributed by atoms with van der Waals surface area (Å²) in [6, 6.07) is 0. The quantitative estimate of drug-likeness (QED) is 0.839. The van der Waals surface area contributed by atoms with Crippen molar-refractivity contribution in [2.75, 3.05) is 0 Å². The van der Waals surface area contributed by atoms with Gasteiger partial charge >= 0.3 is 0 Å². The molecule has 0 bridgehead atoms. The third-order valence-corrected chi connectivity index (χ3v) is 3.33. The molecule has 21 heavy (non-hydrogen) atoms. The molecule has 1 aromatic heterocycles. The molecule has 0 saturated carbocycles. The maximum absolute atomic E-state index is 5.15. The van der Waals surface area contributed by atoms with Crippen LogP contribution in [0.1, 0.15) is 24.3 Å². The predicted molar refractivity (Wildman–Crippen MR) is 86.7 cm³/mol. The lowest BCUT2D eigenvalue weighted by Gasteiger charge is -2.12. The van der Waals surface area contributed by atoms with Gasteiger partial charge in [-0.1, -0.05) is 25.8 Å². The zero-order valence-electron chi connectivity index (χ0n) is 12.1. The molecule has 2 heterocycles. The highest BCUT2D eigenvalue weighted by molar-refractivity contribution is 5.62. The number of nitrogens with one attached hydrogen (secondary N) is 1. The average molecular weight is 281 g/mol. The third kappa shape index (κ3) is 3.28. The van der Waals surface area contributed by atoms with E-state index in [9.17, 15) is 0 Å². The van der Waals surface area contributed by atoms with Gasteiger partial charge in [0.1, 0.15) is 17.3 Å². The molecule has 0 aromatic carbocycles. The summed E-state index contributed by atoms with van der Waals surface area (Å²) in [5, 5.41) is 2.94. The Balaban J connectivity index is 0.000000154. The van der Waals surface area contributed by atoms with Crippen molar-refractivity contribution >= 4 is 12.3 Å². The Morgan fingerprint density at radius 3 is 2.76 bits per heavy atom. The Bertz CT molecular complexity index is 647. The van der Waals surface area contributed by atoms with Gasteiger partial charge in [0, 0.05) is 18.2 Å². The molecule has 1 aromatic rings. The van der Waals surface area contributed by atoms with E-state index in [-0.39, 0.29) is 0 Å². The number of hydrogen-bond acceptors (Lipinski definition) is 4. The van der Waals surface area contributed by atoms with E-state index in [1.54, 1.807) is 12.3 Å². The number of allylic oxidation sites excluding steroid dienone is 5. The molecule has 0 unspecified atom stereocenters. The third-order valence-electron chi connectivity index (χ3n) is 3.33. The molecule has 3 rings (SSSR count). The Morgan fingerprint density at radius 1 is 1.33 bits per heavy atom. The Morgan fingerprint density at radius 2 is 2.14 bits per heavy atom. The lowest BCUT2D eigenvalue weighted by Crippen LogP contribution is -2.10. The van der Waals surface area contributed by atoms with Gasteiger partial charge in [0.25, 0.3) is 0 Å². The van der Waals surface area contributed by atoms with E-state index in [2.05, 4.69) is 41.7 Å². The molecule has 108 valence electrons. The summed E-state index contributed by atoms with van der Waals surface area (Å²) in [5.74, 6) is 1.73. The van der Waals surface area contributed by atoms with Gasteiger partial charge in [-0.2, -0.15) is 0 Å². The topological polar surface area (TPSA) is 50.4 Å². The molecule has 1 aliphatic heterocycles. The molecule has 4 heteroatoms. The maximum atomic E-state index is 5.15. The number of aryl methyl sites for hydroxylation is 1. The highest BCUT2D eigenvalue weighted by Gasteiger charge is 2.15. The van der Waals surface area contributed by atoms with Crippen LogP contribution in [-0.4, -0.2) is 11.7 Å². The number of aliphatic imine (C=N–C) groups is 1. The first-order valence-corrected chi connectivity index (χ1v) is 6.73. The largest absolute Gasteiger partial charge is 0.448 e. The van der Waals surface area contributed by atoms with E-state index in [1.165, 1.54) is 6.39 Å². The molecule has 0 spiro atoms. The van der Waals surface area contributed by atoms with Crippen molar-refractivity contribution in [1.82, 2.24) is 10.3 Å². The van der Waals surface area contributed by atoms with Crippen molar-refractivity contribution in [3.8, 4) is 0 Å². The van der Waals surface area contributed by atoms with Crippen LogP contribution in [0.5, 0.6) is 0 Å². The van der Waals surface area contributed by atoms with Gasteiger partial charge in [-0.15, -0.1) is 0 Å². The zero-order chi connectivity index (χ0) is 15.2. The Hall–Kier alpha value is -2.62. The zero-order valence-corrected chi connectivity index (χ0v) is 12.1. The van der Waals surface area contributed by atoms with Crippen LogP contribution in [0.2, 0.25) is 0 Å². The molecule has 0 fully saturated rings. The van der Waals surface area contributed by atoms with Gasteiger partial charge in [-0.05, 0) is 36.8 Å². The fraction of sp³-hybridized carbons (Fsp3) is 0.176. The predicted octanol–water partition coefficient (Wildman–Crippen LogP) is 3.78. The number of oxazole rings is 1. The fourth-order valence-corrected chi connectivity index (χ4v) is 2.22. The van der Waals surface area contributed by atoms with Crippen LogP contribution in [0.4, 0.5) is 0 Å². The SMILES string of the molecule is C=C1CCCc2ocnc21.C=CC1=C(N=C)NC=CC1=C. The van der Waals surface area contributed by atoms with E-state index in [4.69, 9.17) is 4.42 Å². The van der Waals surface area contributed by atoms with Crippen molar-refractivity contribution in [1.29, 1.82) is 0 Å². The van der Waals surface area contributed by atoms with Gasteiger partial charge in [-0.25, -0.2) is 9.98 Å². The van der Waals surface area contributed by atoms with E-state index < -0.39 is 0 Å². The van der Waals surface area contributed by atoms with Crippen LogP contribution in [0.15, 0.2) is 70.9 Å². The molecule has 0 amide bonds. The molecule has 1 aliphatic carbocycles. The first-order chi connectivity index (χ1) is 10.2. The summed E-state index contributed by atoms with van der Waals surface area (Å²) >= 11 is 0. The molecular formula is C17H19N3O. The van der Waals surface area contributed by atoms with Crippen LogP contribution in [0.3, 0.4) is 0 Å². The van der Waals surface area contributed by atoms with Gasteiger partial charge in [0.05, 0.1) is 0 Å². The van der Waals surface area contributed by atoms with Gasteiger partial charge in [-0.3, -0.25) is 0 Å². The summed E-state index contributed by atoms with van der Waals surface area (Å²) in [7, 11) is 0. The first kappa shape index (κ1) is 14.8. The first-order valence-electron chi connectivity index (χ1n) is 6.73. The molecule has 1 N–H and O–H groups in total. The average Bonchev–Trinajstić information content (AvgIpc) is 2.97. The Labute approximate surface area is 125 Å². The fourth-order valence-electron chi connectivity index (χ4n) is 2.22. The molecule has 2 aliphatic rings. The van der Waals surface area contributed by atoms with Crippen LogP contribution in [0.25, 0.3) is 5.57 Å². The highest BCUT2D eigenvalue weighted by Crippen LogP contribution is 2.27. The number of aromatic nitrogens is 1. The standard InChI is InChI=1S/C9H10N2.C8H9NO/c1-4-8-7(2)5-6-11-9(8)10-3;1-6-3-2-4-7-8(6)9-5-10-7/h4-6,11H,1-3H2;5H,1-4H2. The Kier molecular flexibility index (Phi) is 4.72. The number of fused-ring (bicyclic) bond motifs is 1. The summed E-state index contributed by atoms with van der Waals surface area (Å²) < 4.78 is 5.15. The van der Waals surface area contributed by atoms with Crippen molar-refractivity contribution in [3.05, 3.63) is 72.9 Å². The van der Waals surface area contributed by atoms with Gasteiger partial charge in [0.15, 0.2) is 6.39 Å². The minimum Gasteiger partial charge on any atom is -0.448 e. The normalized spacial score (nSPS) is 16.6. The number of dihydropyridines is 1. The van der Waals surface area contributed by atoms with E-state index in [1.807, 2.05) is 6.08 Å². The maximum Gasteiger partial charge on any atom is 0.181 e. The highest BCUT2D eigenvalue weighted by atomic mass is 16.3. The summed E-state index contributed by atoms with van der Waals surface area (Å²) in [6.07, 6.45) is 10.1. The number of hydrogen-bond donors (Lipinski definition) is 1. The second-order valence-corrected chi connectivity index (χ2v) is 4.71. The summed E-state index contributed by atoms with van der Waals surface area (Å²) in [4.78, 5) is 7.86. The van der Waals surface area contributed by atoms with E-state index in [0.29, 0.717) is 5.82 Å². The van der Waals surface area contributed by atoms with Gasteiger partial charge < -0.3 is 9.73 Å². The van der Waals surface area contributed by atoms with Crippen molar-refractivity contribution < 1.29 is 4.42 Å². The summed E-state index contributed by atoms with van der Waals surface area (Å²) in [5.41, 5.74) is 3.92. The van der Waals surface area contributed by atoms with Crippen molar-refractivity contribution in [3.63, 3.8) is 0 Å². The lowest BCUT2D eigenvalue weighted by atomic mass is 9.98. The van der Waals surface area contributed by atoms with Crippen LogP contribution < -0.4 is 5.32 Å². The summed E-state index contributed by atoms with van der Waals surface area (Å²) in [6.45, 7) is 14.8. The molecule has 4 nitrogen and oxygen atoms in total. The minimum absolute atomic E-state index is 0.715. The van der Waals surface area contributed by atoms with Gasteiger partial charge in [0.2, 0.25) is 0 Å². The number of rotatable bonds is 2. The van der Waals surface area contributed by atoms with Crippen molar-refractivity contribution in [2.45, 2.75) is 19.3 Å². The molecule has 0 saturated heterocycles. The minimum atomic E-state index is 0.715. The monoisotopic (exact) mass is 281 g/mol. The second kappa shape index (κ2) is 6.70. The van der Waals surface area contributed by atoms with Crippen LogP contribution >= 0.6 is 0 Å². The lowest BCUT2D eigenvalue weighted by molar-refractivity contribution is 0.493. The van der Waals surface area contributed by atoms with E-state index >= 15 is 0 Å². The second-order valence-electron chi connectivity index (χ2n) is 4.71. The smallest absolute Gasteiger partial charge is 0.181 e. The van der Waals surface area contributed by atoms with E-state index in [0.717, 1.165) is 47.4 Å². The van der Waals surface area contributed by atoms with Crippen molar-refractivity contribution in [2.24, 2.45) is 4.99 Å². The number of nitrogens with zero attached hydrogens (tertiary/aromatic N) is 2. The van der Waals surface area contributed by atoms with Crippen LogP contribution in [-0.2, 0) is 6.42 Å². The molecule has 0 atom stereocenters. The van der Waals surface area contributed by atoms with Crippen LogP contribution in [0, 0.1) is 0 Å². The molecule has 0 radical (unpaired) electrons. The molecular weight excluding hydrogens is 262 g/mol.